The molecule has 0 aromatic carbocycles. The van der Waals surface area contributed by atoms with E-state index >= 15 is 0 Å². The molecule has 1 heterocycles. The van der Waals surface area contributed by atoms with Crippen molar-refractivity contribution in [1.29, 1.82) is 0 Å². The van der Waals surface area contributed by atoms with Gasteiger partial charge in [0.05, 0.1) is 12.0 Å². The number of nitrogens with two attached hydrogens (primary N) is 1. The van der Waals surface area contributed by atoms with Crippen molar-refractivity contribution in [3.63, 3.8) is 0 Å². The first-order chi connectivity index (χ1) is 6.16. The highest BCUT2D eigenvalue weighted by Gasteiger charge is 2.10. The number of aromatic nitrogens is 2. The number of hydrogen-bond donors (Lipinski definition) is 1. The van der Waals surface area contributed by atoms with Gasteiger partial charge in [0.1, 0.15) is 0 Å². The summed E-state index contributed by atoms with van der Waals surface area (Å²) in [5.74, 6) is 0. The van der Waals surface area contributed by atoms with Crippen LogP contribution in [0.4, 0.5) is 0 Å². The summed E-state index contributed by atoms with van der Waals surface area (Å²) in [4.78, 5) is 4.13. The van der Waals surface area contributed by atoms with Crippen molar-refractivity contribution >= 4 is 0 Å². The molecule has 1 aromatic rings. The molecule has 74 valence electrons. The van der Waals surface area contributed by atoms with Crippen molar-refractivity contribution in [1.82, 2.24) is 9.55 Å². The minimum absolute atomic E-state index is 0.0711. The second-order valence-corrected chi connectivity index (χ2v) is 3.65. The van der Waals surface area contributed by atoms with E-state index in [0.717, 1.165) is 5.69 Å². The summed E-state index contributed by atoms with van der Waals surface area (Å²) in [5.41, 5.74) is 6.96. The van der Waals surface area contributed by atoms with Gasteiger partial charge < -0.3 is 10.3 Å². The van der Waals surface area contributed by atoms with Crippen LogP contribution < -0.4 is 5.73 Å². The molecule has 1 aromatic heterocycles. The molecule has 0 aliphatic rings. The number of rotatable bonds is 4. The highest BCUT2D eigenvalue weighted by atomic mass is 15.1. The third-order valence-corrected chi connectivity index (χ3v) is 2.34. The smallest absolute Gasteiger partial charge is 0.0951 e. The Labute approximate surface area is 80.0 Å². The van der Waals surface area contributed by atoms with Gasteiger partial charge in [-0.3, -0.25) is 0 Å². The van der Waals surface area contributed by atoms with Crippen LogP contribution >= 0.6 is 0 Å². The molecule has 0 radical (unpaired) electrons. The van der Waals surface area contributed by atoms with Crippen molar-refractivity contribution in [3.05, 3.63) is 18.2 Å². The van der Waals surface area contributed by atoms with E-state index in [1.807, 2.05) is 19.4 Å². The van der Waals surface area contributed by atoms with Crippen molar-refractivity contribution in [2.75, 3.05) is 0 Å². The first-order valence-corrected chi connectivity index (χ1v) is 4.94. The summed E-state index contributed by atoms with van der Waals surface area (Å²) in [6, 6.07) is 0.579. The van der Waals surface area contributed by atoms with Crippen LogP contribution in [-0.4, -0.2) is 9.55 Å². The lowest BCUT2D eigenvalue weighted by atomic mass is 10.1. The van der Waals surface area contributed by atoms with Gasteiger partial charge in [-0.2, -0.15) is 0 Å². The minimum Gasteiger partial charge on any atom is -0.330 e. The lowest BCUT2D eigenvalue weighted by Crippen LogP contribution is -2.14. The topological polar surface area (TPSA) is 43.8 Å². The predicted octanol–water partition coefficient (Wildman–Crippen LogP) is 2.26. The monoisotopic (exact) mass is 181 g/mol. The Kier molecular flexibility index (Phi) is 3.48. The average molecular weight is 181 g/mol. The summed E-state index contributed by atoms with van der Waals surface area (Å²) in [7, 11) is 0. The first-order valence-electron chi connectivity index (χ1n) is 4.94. The van der Waals surface area contributed by atoms with E-state index in [-0.39, 0.29) is 6.04 Å². The van der Waals surface area contributed by atoms with Crippen LogP contribution in [0.15, 0.2) is 12.5 Å². The quantitative estimate of drug-likeness (QED) is 0.774. The SMILES string of the molecule is CCCC(C)n1cncc1C(C)N. The van der Waals surface area contributed by atoms with Crippen LogP contribution in [0.3, 0.4) is 0 Å². The third kappa shape index (κ3) is 2.31. The second kappa shape index (κ2) is 4.42. The van der Waals surface area contributed by atoms with Crippen molar-refractivity contribution in [2.45, 2.75) is 45.7 Å². The minimum atomic E-state index is 0.0711. The summed E-state index contributed by atoms with van der Waals surface area (Å²) in [6.07, 6.45) is 6.10. The fraction of sp³-hybridized carbons (Fsp3) is 0.700. The zero-order chi connectivity index (χ0) is 9.84. The molecule has 0 saturated heterocycles. The van der Waals surface area contributed by atoms with Crippen LogP contribution in [0, 0.1) is 0 Å². The Hall–Kier alpha value is -0.830. The largest absolute Gasteiger partial charge is 0.330 e. The van der Waals surface area contributed by atoms with Crippen LogP contribution in [0.25, 0.3) is 0 Å². The van der Waals surface area contributed by atoms with E-state index in [1.54, 1.807) is 0 Å². The maximum atomic E-state index is 5.83. The maximum absolute atomic E-state index is 5.83. The van der Waals surface area contributed by atoms with E-state index in [1.165, 1.54) is 12.8 Å². The van der Waals surface area contributed by atoms with Crippen LogP contribution in [0.5, 0.6) is 0 Å². The molecule has 0 bridgehead atoms. The van der Waals surface area contributed by atoms with E-state index in [2.05, 4.69) is 23.4 Å². The fourth-order valence-corrected chi connectivity index (χ4v) is 1.59. The molecule has 1 rings (SSSR count). The number of nitrogens with zero attached hydrogens (tertiary/aromatic N) is 2. The zero-order valence-electron chi connectivity index (χ0n) is 8.70. The molecular weight excluding hydrogens is 162 g/mol. The number of imidazole rings is 1. The maximum Gasteiger partial charge on any atom is 0.0951 e. The Morgan fingerprint density at radius 2 is 2.23 bits per heavy atom. The van der Waals surface area contributed by atoms with E-state index in [4.69, 9.17) is 5.73 Å². The molecule has 0 amide bonds. The Morgan fingerprint density at radius 3 is 2.77 bits per heavy atom. The summed E-state index contributed by atoms with van der Waals surface area (Å²) >= 11 is 0. The lowest BCUT2D eigenvalue weighted by molar-refractivity contribution is 0.475. The van der Waals surface area contributed by atoms with E-state index in [0.29, 0.717) is 6.04 Å². The van der Waals surface area contributed by atoms with Crippen LogP contribution in [-0.2, 0) is 0 Å². The van der Waals surface area contributed by atoms with Gasteiger partial charge in [0.15, 0.2) is 0 Å². The van der Waals surface area contributed by atoms with E-state index in [9.17, 15) is 0 Å². The molecule has 0 saturated carbocycles. The fourth-order valence-electron chi connectivity index (χ4n) is 1.59. The van der Waals surface area contributed by atoms with Gasteiger partial charge in [0.25, 0.3) is 0 Å². The van der Waals surface area contributed by atoms with Crippen molar-refractivity contribution in [2.24, 2.45) is 5.73 Å². The molecule has 2 unspecified atom stereocenters. The van der Waals surface area contributed by atoms with Crippen molar-refractivity contribution < 1.29 is 0 Å². The molecule has 0 fully saturated rings. The molecule has 3 nitrogen and oxygen atoms in total. The molecule has 0 aliphatic carbocycles. The first kappa shape index (κ1) is 10.3. The Morgan fingerprint density at radius 1 is 1.54 bits per heavy atom. The highest BCUT2D eigenvalue weighted by molar-refractivity contribution is 5.04. The van der Waals surface area contributed by atoms with Crippen molar-refractivity contribution in [3.8, 4) is 0 Å². The molecular formula is C10H19N3. The molecule has 3 heteroatoms. The Balaban J connectivity index is 2.80. The van der Waals surface area contributed by atoms with Gasteiger partial charge in [0, 0.05) is 18.3 Å². The molecule has 0 spiro atoms. The van der Waals surface area contributed by atoms with Gasteiger partial charge >= 0.3 is 0 Å². The van der Waals surface area contributed by atoms with Gasteiger partial charge in [-0.25, -0.2) is 4.98 Å². The summed E-state index contributed by atoms with van der Waals surface area (Å²) in [5, 5.41) is 0. The third-order valence-electron chi connectivity index (χ3n) is 2.34. The molecule has 0 aliphatic heterocycles. The molecule has 13 heavy (non-hydrogen) atoms. The van der Waals surface area contributed by atoms with Crippen LogP contribution in [0.1, 0.15) is 51.4 Å². The van der Waals surface area contributed by atoms with Gasteiger partial charge in [-0.05, 0) is 20.3 Å². The van der Waals surface area contributed by atoms with Gasteiger partial charge in [-0.1, -0.05) is 13.3 Å². The lowest BCUT2D eigenvalue weighted by Gasteiger charge is -2.17. The normalized spacial score (nSPS) is 15.7. The zero-order valence-corrected chi connectivity index (χ0v) is 8.70. The summed E-state index contributed by atoms with van der Waals surface area (Å²) < 4.78 is 2.17. The van der Waals surface area contributed by atoms with Gasteiger partial charge in [0.2, 0.25) is 0 Å². The Bertz CT molecular complexity index is 252. The second-order valence-electron chi connectivity index (χ2n) is 3.65. The average Bonchev–Trinajstić information content (AvgIpc) is 2.52. The summed E-state index contributed by atoms with van der Waals surface area (Å²) in [6.45, 7) is 6.39. The highest BCUT2D eigenvalue weighted by Crippen LogP contribution is 2.18. The van der Waals surface area contributed by atoms with Crippen LogP contribution in [0.2, 0.25) is 0 Å². The molecule has 2 atom stereocenters. The number of hydrogen-bond acceptors (Lipinski definition) is 2. The predicted molar refractivity (Wildman–Crippen MR) is 54.4 cm³/mol. The molecule has 2 N–H and O–H groups in total. The standard InChI is InChI=1S/C10H19N3/c1-4-5-8(2)13-7-12-6-10(13)9(3)11/h6-9H,4-5,11H2,1-3H3. The van der Waals surface area contributed by atoms with Gasteiger partial charge in [-0.15, -0.1) is 0 Å². The van der Waals surface area contributed by atoms with E-state index < -0.39 is 0 Å².